The molecular formula is C10H12N4O6. The predicted octanol–water partition coefficient (Wildman–Crippen LogP) is -2.54. The van der Waals surface area contributed by atoms with E-state index in [1.54, 1.807) is 0 Å². The lowest BCUT2D eigenvalue weighted by Gasteiger charge is -2.19. The van der Waals surface area contributed by atoms with E-state index in [-0.39, 0.29) is 11.5 Å². The fraction of sp³-hybridized carbons (Fsp3) is 0.500. The fourth-order valence-corrected chi connectivity index (χ4v) is 2.06. The number of hydrogen-bond donors (Lipinski definition) is 5. The van der Waals surface area contributed by atoms with Crippen molar-refractivity contribution < 1.29 is 24.8 Å². The van der Waals surface area contributed by atoms with E-state index in [2.05, 4.69) is 19.9 Å². The Morgan fingerprint density at radius 2 is 2.25 bits per heavy atom. The molecule has 0 aromatic carbocycles. The smallest absolute Gasteiger partial charge is 0.349 e. The number of nitrogens with zero attached hydrogens (tertiary/aromatic N) is 2. The first-order valence-corrected chi connectivity index (χ1v) is 5.82. The molecule has 2 aromatic rings. The lowest BCUT2D eigenvalue weighted by Crippen LogP contribution is -2.39. The number of aliphatic hydroxyl groups excluding tert-OH is 3. The highest BCUT2D eigenvalue weighted by Gasteiger charge is 2.45. The van der Waals surface area contributed by atoms with Crippen LogP contribution in [-0.2, 0) is 4.74 Å². The highest BCUT2D eigenvalue weighted by atomic mass is 16.7. The van der Waals surface area contributed by atoms with Gasteiger partial charge < -0.3 is 29.8 Å². The standard InChI is InChI=1S/C10H12N4O6/c15-1-3-6(5(16)9(17)19-3)20-8-4-7(12-2-11-4)13-10(18)14-8/h2-3,5-6,9,15-17H,1H2,(H2,11,12,13,14,18)/t3-,5-,6-,9-/m1/s1. The molecule has 10 heteroatoms. The molecule has 1 fully saturated rings. The van der Waals surface area contributed by atoms with E-state index in [4.69, 9.17) is 14.6 Å². The average molecular weight is 284 g/mol. The number of fused-ring (bicyclic) bond motifs is 1. The van der Waals surface area contributed by atoms with Crippen LogP contribution in [0.4, 0.5) is 0 Å². The van der Waals surface area contributed by atoms with E-state index in [0.717, 1.165) is 0 Å². The van der Waals surface area contributed by atoms with Gasteiger partial charge in [-0.1, -0.05) is 0 Å². The Morgan fingerprint density at radius 1 is 1.45 bits per heavy atom. The van der Waals surface area contributed by atoms with Gasteiger partial charge in [0.15, 0.2) is 18.0 Å². The molecule has 0 unspecified atom stereocenters. The molecule has 1 aliphatic rings. The number of hydrogen-bond acceptors (Lipinski definition) is 8. The zero-order valence-electron chi connectivity index (χ0n) is 10.1. The quantitative estimate of drug-likeness (QED) is 0.413. The minimum atomic E-state index is -1.48. The van der Waals surface area contributed by atoms with Gasteiger partial charge in [-0.05, 0) is 0 Å². The number of aromatic amines is 2. The van der Waals surface area contributed by atoms with Crippen molar-refractivity contribution in [2.75, 3.05) is 6.61 Å². The molecule has 0 aliphatic carbocycles. The van der Waals surface area contributed by atoms with E-state index in [1.165, 1.54) is 6.33 Å². The Labute approximate surface area is 111 Å². The van der Waals surface area contributed by atoms with Crippen LogP contribution >= 0.6 is 0 Å². The first kappa shape index (κ1) is 13.0. The van der Waals surface area contributed by atoms with E-state index < -0.39 is 36.9 Å². The van der Waals surface area contributed by atoms with E-state index in [9.17, 15) is 15.0 Å². The molecular weight excluding hydrogens is 272 g/mol. The van der Waals surface area contributed by atoms with Gasteiger partial charge in [0.05, 0.1) is 12.9 Å². The highest BCUT2D eigenvalue weighted by Crippen LogP contribution is 2.26. The number of aliphatic hydroxyl groups is 3. The molecule has 0 saturated carbocycles. The van der Waals surface area contributed by atoms with Crippen LogP contribution in [0.1, 0.15) is 0 Å². The second-order valence-corrected chi connectivity index (χ2v) is 4.29. The molecule has 2 aromatic heterocycles. The second-order valence-electron chi connectivity index (χ2n) is 4.29. The van der Waals surface area contributed by atoms with Gasteiger partial charge in [0.1, 0.15) is 17.7 Å². The van der Waals surface area contributed by atoms with E-state index >= 15 is 0 Å². The summed E-state index contributed by atoms with van der Waals surface area (Å²) < 4.78 is 10.3. The Bertz CT molecular complexity index is 669. The molecule has 10 nitrogen and oxygen atoms in total. The van der Waals surface area contributed by atoms with Crippen molar-refractivity contribution in [3.8, 4) is 5.88 Å². The van der Waals surface area contributed by atoms with Crippen LogP contribution < -0.4 is 10.4 Å². The molecule has 3 rings (SSSR count). The zero-order valence-corrected chi connectivity index (χ0v) is 10.1. The molecule has 5 N–H and O–H groups in total. The van der Waals surface area contributed by atoms with Crippen molar-refractivity contribution in [2.24, 2.45) is 0 Å². The molecule has 4 atom stereocenters. The summed E-state index contributed by atoms with van der Waals surface area (Å²) in [6.45, 7) is -0.464. The number of rotatable bonds is 3. The summed E-state index contributed by atoms with van der Waals surface area (Å²) in [6, 6.07) is 0. The molecule has 0 spiro atoms. The third-order valence-electron chi connectivity index (χ3n) is 3.02. The summed E-state index contributed by atoms with van der Waals surface area (Å²) in [7, 11) is 0. The third kappa shape index (κ3) is 2.04. The van der Waals surface area contributed by atoms with Crippen LogP contribution in [0.2, 0.25) is 0 Å². The monoisotopic (exact) mass is 284 g/mol. The zero-order chi connectivity index (χ0) is 14.3. The normalized spacial score (nSPS) is 29.9. The maximum atomic E-state index is 11.4. The maximum Gasteiger partial charge on any atom is 0.349 e. The van der Waals surface area contributed by atoms with E-state index in [0.29, 0.717) is 5.52 Å². The number of aromatic nitrogens is 4. The average Bonchev–Trinajstić information content (AvgIpc) is 2.98. The Balaban J connectivity index is 1.96. The number of H-pyrrole nitrogens is 2. The lowest BCUT2D eigenvalue weighted by atomic mass is 10.1. The summed E-state index contributed by atoms with van der Waals surface area (Å²) >= 11 is 0. The maximum absolute atomic E-state index is 11.4. The van der Waals surface area contributed by atoms with Crippen molar-refractivity contribution in [2.45, 2.75) is 24.6 Å². The van der Waals surface area contributed by atoms with Gasteiger partial charge in [-0.15, -0.1) is 0 Å². The number of ether oxygens (including phenoxy) is 2. The topological polar surface area (TPSA) is 154 Å². The first-order chi connectivity index (χ1) is 9.60. The SMILES string of the molecule is O=c1nc(O[C@H]2[C@@H](O)[C@H](O)O[C@@H]2CO)c2[nH]cnc2[nH]1. The first-order valence-electron chi connectivity index (χ1n) is 5.82. The number of nitrogens with one attached hydrogen (secondary N) is 2. The molecule has 1 saturated heterocycles. The Hall–Kier alpha value is -2.01. The van der Waals surface area contributed by atoms with Crippen LogP contribution in [0.25, 0.3) is 11.2 Å². The third-order valence-corrected chi connectivity index (χ3v) is 3.02. The number of imidazole rings is 1. The van der Waals surface area contributed by atoms with Gasteiger partial charge in [0.25, 0.3) is 0 Å². The van der Waals surface area contributed by atoms with Gasteiger partial charge in [-0.25, -0.2) is 9.78 Å². The van der Waals surface area contributed by atoms with Crippen LogP contribution in [0.15, 0.2) is 11.1 Å². The molecule has 1 aliphatic heterocycles. The molecule has 0 bridgehead atoms. The largest absolute Gasteiger partial charge is 0.467 e. The van der Waals surface area contributed by atoms with Gasteiger partial charge in [-0.2, -0.15) is 4.98 Å². The summed E-state index contributed by atoms with van der Waals surface area (Å²) in [4.78, 5) is 24.0. The molecule has 0 amide bonds. The Morgan fingerprint density at radius 3 is 3.00 bits per heavy atom. The van der Waals surface area contributed by atoms with Crippen molar-refractivity contribution in [3.05, 3.63) is 16.8 Å². The van der Waals surface area contributed by atoms with Crippen LogP contribution in [0.3, 0.4) is 0 Å². The van der Waals surface area contributed by atoms with Crippen LogP contribution in [0, 0.1) is 0 Å². The van der Waals surface area contributed by atoms with Crippen molar-refractivity contribution >= 4 is 11.2 Å². The minimum absolute atomic E-state index is 0.0959. The molecule has 3 heterocycles. The minimum Gasteiger partial charge on any atom is -0.467 e. The molecule has 0 radical (unpaired) electrons. The predicted molar refractivity (Wildman–Crippen MR) is 62.9 cm³/mol. The Kier molecular flexibility index (Phi) is 3.14. The summed E-state index contributed by atoms with van der Waals surface area (Å²) in [5.74, 6) is -0.0959. The summed E-state index contributed by atoms with van der Waals surface area (Å²) in [5.41, 5.74) is -0.0986. The van der Waals surface area contributed by atoms with Crippen molar-refractivity contribution in [1.82, 2.24) is 19.9 Å². The summed E-state index contributed by atoms with van der Waals surface area (Å²) in [6.07, 6.45) is -3.49. The van der Waals surface area contributed by atoms with Gasteiger partial charge in [-0.3, -0.25) is 4.98 Å². The second kappa shape index (κ2) is 4.83. The van der Waals surface area contributed by atoms with Crippen LogP contribution in [-0.4, -0.2) is 66.5 Å². The van der Waals surface area contributed by atoms with Gasteiger partial charge in [0.2, 0.25) is 5.88 Å². The van der Waals surface area contributed by atoms with Crippen molar-refractivity contribution in [1.29, 1.82) is 0 Å². The van der Waals surface area contributed by atoms with Crippen molar-refractivity contribution in [3.63, 3.8) is 0 Å². The van der Waals surface area contributed by atoms with Gasteiger partial charge >= 0.3 is 5.69 Å². The fourth-order valence-electron chi connectivity index (χ4n) is 2.06. The highest BCUT2D eigenvalue weighted by molar-refractivity contribution is 5.74. The molecule has 108 valence electrons. The van der Waals surface area contributed by atoms with Crippen LogP contribution in [0.5, 0.6) is 5.88 Å². The lowest BCUT2D eigenvalue weighted by molar-refractivity contribution is -0.132. The van der Waals surface area contributed by atoms with Gasteiger partial charge in [0, 0.05) is 0 Å². The summed E-state index contributed by atoms with van der Waals surface area (Å²) in [5, 5.41) is 28.3. The van der Waals surface area contributed by atoms with E-state index in [1.807, 2.05) is 0 Å². The molecule has 20 heavy (non-hydrogen) atoms.